The summed E-state index contributed by atoms with van der Waals surface area (Å²) in [4.78, 5) is 0. The van der Waals surface area contributed by atoms with Gasteiger partial charge in [-0.2, -0.15) is 8.42 Å². The molecule has 0 heterocycles. The average molecular weight is 545 g/mol. The van der Waals surface area contributed by atoms with E-state index in [-0.39, 0.29) is 68.1 Å². The van der Waals surface area contributed by atoms with Crippen LogP contribution < -0.4 is 9.47 Å². The first kappa shape index (κ1) is 24.9. The van der Waals surface area contributed by atoms with E-state index in [1.165, 1.54) is 24.3 Å². The summed E-state index contributed by atoms with van der Waals surface area (Å²) in [6.07, 6.45) is 0. The smallest absolute Gasteiger partial charge is 0.400 e. The molecule has 0 amide bonds. The van der Waals surface area contributed by atoms with Crippen molar-refractivity contribution in [3.63, 3.8) is 0 Å². The molecule has 2 aromatic rings. The van der Waals surface area contributed by atoms with Gasteiger partial charge in [-0.15, -0.1) is 0 Å². The normalized spacial score (nSPS) is 11.5. The second-order valence-corrected chi connectivity index (χ2v) is 8.87. The number of hydrogen-bond donors (Lipinski definition) is 0. The van der Waals surface area contributed by atoms with Crippen LogP contribution in [0.25, 0.3) is 0 Å². The van der Waals surface area contributed by atoms with Gasteiger partial charge in [-0.05, 0) is 12.1 Å². The van der Waals surface area contributed by atoms with Crippen molar-refractivity contribution < 1.29 is 26.3 Å². The van der Waals surface area contributed by atoms with E-state index in [1.54, 1.807) is 0 Å². The highest BCUT2D eigenvalue weighted by Crippen LogP contribution is 2.34. The Bertz CT molecular complexity index is 897. The second kappa shape index (κ2) is 11.3. The molecule has 0 atom stereocenters. The van der Waals surface area contributed by atoms with Crippen molar-refractivity contribution in [3.05, 3.63) is 54.4 Å². The fourth-order valence-electron chi connectivity index (χ4n) is 1.84. The minimum atomic E-state index is -4.26. The van der Waals surface area contributed by atoms with Crippen molar-refractivity contribution >= 4 is 80.0 Å². The van der Waals surface area contributed by atoms with E-state index in [2.05, 4.69) is 8.37 Å². The standard InChI is InChI=1S/C16H12Cl6O6S/c17-9-5-13(21)15(7-11(9)19)25-1-3-27-29(23,24)28-4-2-26-16-8-12(20)10(18)6-14(16)22/h5-8H,1-4H2. The molecule has 0 saturated carbocycles. The molecule has 2 rings (SSSR count). The third kappa shape index (κ3) is 8.01. The maximum atomic E-state index is 11.7. The highest BCUT2D eigenvalue weighted by atomic mass is 35.5. The van der Waals surface area contributed by atoms with E-state index in [1.807, 2.05) is 0 Å². The van der Waals surface area contributed by atoms with E-state index in [4.69, 9.17) is 79.1 Å². The molecular weight excluding hydrogens is 533 g/mol. The molecule has 0 bridgehead atoms. The van der Waals surface area contributed by atoms with Crippen LogP contribution in [0.3, 0.4) is 0 Å². The van der Waals surface area contributed by atoms with Gasteiger partial charge in [0.25, 0.3) is 0 Å². The Kier molecular flexibility index (Phi) is 9.73. The summed E-state index contributed by atoms with van der Waals surface area (Å²) in [5, 5.41) is 1.45. The fourth-order valence-corrected chi connectivity index (χ4v) is 3.63. The Morgan fingerprint density at radius 2 is 0.897 bits per heavy atom. The molecule has 29 heavy (non-hydrogen) atoms. The van der Waals surface area contributed by atoms with Crippen molar-refractivity contribution in [2.45, 2.75) is 0 Å². The Labute approximate surface area is 197 Å². The lowest BCUT2D eigenvalue weighted by molar-refractivity contribution is 0.160. The fraction of sp³-hybridized carbons (Fsp3) is 0.250. The van der Waals surface area contributed by atoms with Gasteiger partial charge in [-0.3, -0.25) is 0 Å². The van der Waals surface area contributed by atoms with Crippen LogP contribution in [-0.2, 0) is 18.8 Å². The van der Waals surface area contributed by atoms with Crippen LogP contribution in [0.2, 0.25) is 30.1 Å². The van der Waals surface area contributed by atoms with Crippen molar-refractivity contribution in [2.24, 2.45) is 0 Å². The van der Waals surface area contributed by atoms with Gasteiger partial charge in [0.15, 0.2) is 0 Å². The van der Waals surface area contributed by atoms with Crippen LogP contribution in [0.1, 0.15) is 0 Å². The first-order chi connectivity index (χ1) is 13.6. The van der Waals surface area contributed by atoms with Crippen molar-refractivity contribution in [1.82, 2.24) is 0 Å². The van der Waals surface area contributed by atoms with Crippen molar-refractivity contribution in [3.8, 4) is 11.5 Å². The largest absolute Gasteiger partial charge is 0.490 e. The molecule has 6 nitrogen and oxygen atoms in total. The lowest BCUT2D eigenvalue weighted by Crippen LogP contribution is -2.18. The van der Waals surface area contributed by atoms with E-state index < -0.39 is 10.4 Å². The Balaban J connectivity index is 1.72. The minimum absolute atomic E-state index is 0.129. The van der Waals surface area contributed by atoms with Gasteiger partial charge in [-0.1, -0.05) is 69.6 Å². The Morgan fingerprint density at radius 3 is 1.28 bits per heavy atom. The van der Waals surface area contributed by atoms with Gasteiger partial charge in [-0.25, -0.2) is 8.37 Å². The molecule has 2 aromatic carbocycles. The zero-order valence-electron chi connectivity index (χ0n) is 14.3. The van der Waals surface area contributed by atoms with Gasteiger partial charge in [0, 0.05) is 12.1 Å². The van der Waals surface area contributed by atoms with E-state index in [0.29, 0.717) is 0 Å². The van der Waals surface area contributed by atoms with Crippen LogP contribution in [0.5, 0.6) is 11.5 Å². The quantitative estimate of drug-likeness (QED) is 0.257. The predicted molar refractivity (Wildman–Crippen MR) is 115 cm³/mol. The molecule has 0 radical (unpaired) electrons. The molecule has 0 saturated heterocycles. The highest BCUT2D eigenvalue weighted by Gasteiger charge is 2.14. The van der Waals surface area contributed by atoms with Gasteiger partial charge < -0.3 is 9.47 Å². The number of benzene rings is 2. The Morgan fingerprint density at radius 1 is 0.552 bits per heavy atom. The van der Waals surface area contributed by atoms with E-state index >= 15 is 0 Å². The van der Waals surface area contributed by atoms with Crippen LogP contribution in [-0.4, -0.2) is 34.8 Å². The summed E-state index contributed by atoms with van der Waals surface area (Å²) in [5.41, 5.74) is 0. The van der Waals surface area contributed by atoms with Crippen LogP contribution >= 0.6 is 69.6 Å². The van der Waals surface area contributed by atoms with E-state index in [0.717, 1.165) is 0 Å². The zero-order valence-corrected chi connectivity index (χ0v) is 19.6. The third-order valence-corrected chi connectivity index (χ3v) is 6.03. The molecule has 0 unspecified atom stereocenters. The SMILES string of the molecule is O=S(=O)(OCCOc1cc(Cl)c(Cl)cc1Cl)OCCOc1cc(Cl)c(Cl)cc1Cl. The van der Waals surface area contributed by atoms with Crippen LogP contribution in [0.4, 0.5) is 0 Å². The van der Waals surface area contributed by atoms with Crippen molar-refractivity contribution in [2.75, 3.05) is 26.4 Å². The summed E-state index contributed by atoms with van der Waals surface area (Å²) >= 11 is 35.2. The number of halogens is 6. The van der Waals surface area contributed by atoms with Crippen LogP contribution in [0.15, 0.2) is 24.3 Å². The monoisotopic (exact) mass is 542 g/mol. The predicted octanol–water partition coefficient (Wildman–Crippen LogP) is 6.34. The maximum Gasteiger partial charge on any atom is 0.400 e. The topological polar surface area (TPSA) is 71.1 Å². The third-order valence-electron chi connectivity index (χ3n) is 3.09. The summed E-state index contributed by atoms with van der Waals surface area (Å²) in [7, 11) is -4.26. The second-order valence-electron chi connectivity index (χ2n) is 5.14. The molecule has 160 valence electrons. The van der Waals surface area contributed by atoms with Gasteiger partial charge in [0.05, 0.1) is 30.1 Å². The average Bonchev–Trinajstić information content (AvgIpc) is 2.63. The molecule has 0 aromatic heterocycles. The maximum absolute atomic E-state index is 11.7. The van der Waals surface area contributed by atoms with Gasteiger partial charge in [0.1, 0.15) is 37.9 Å². The first-order valence-corrected chi connectivity index (χ1v) is 11.3. The molecule has 0 spiro atoms. The summed E-state index contributed by atoms with van der Waals surface area (Å²) < 4.78 is 43.3. The number of rotatable bonds is 10. The minimum Gasteiger partial charge on any atom is -0.490 e. The molecular formula is C16H12Cl6O6S. The lowest BCUT2D eigenvalue weighted by Gasteiger charge is -2.11. The Hall–Kier alpha value is -0.350. The summed E-state index contributed by atoms with van der Waals surface area (Å²) in [6, 6.07) is 5.62. The van der Waals surface area contributed by atoms with Gasteiger partial charge >= 0.3 is 10.4 Å². The van der Waals surface area contributed by atoms with Crippen molar-refractivity contribution in [1.29, 1.82) is 0 Å². The molecule has 0 N–H and O–H groups in total. The lowest BCUT2D eigenvalue weighted by atomic mass is 10.3. The summed E-state index contributed by atoms with van der Waals surface area (Å²) in [6.45, 7) is -0.901. The summed E-state index contributed by atoms with van der Waals surface area (Å²) in [5.74, 6) is 0.463. The molecule has 0 aliphatic heterocycles. The highest BCUT2D eigenvalue weighted by molar-refractivity contribution is 7.81. The number of hydrogen-bond acceptors (Lipinski definition) is 6. The van der Waals surface area contributed by atoms with E-state index in [9.17, 15) is 8.42 Å². The van der Waals surface area contributed by atoms with Gasteiger partial charge in [0.2, 0.25) is 0 Å². The first-order valence-electron chi connectivity index (χ1n) is 7.67. The molecule has 0 aliphatic rings. The van der Waals surface area contributed by atoms with Crippen LogP contribution in [0, 0.1) is 0 Å². The molecule has 0 fully saturated rings. The number of ether oxygens (including phenoxy) is 2. The molecule has 13 heteroatoms. The molecule has 0 aliphatic carbocycles. The zero-order chi connectivity index (χ0) is 21.6.